The van der Waals surface area contributed by atoms with E-state index in [0.717, 1.165) is 24.0 Å². The van der Waals surface area contributed by atoms with Crippen molar-refractivity contribution in [3.63, 3.8) is 0 Å². The van der Waals surface area contributed by atoms with E-state index in [1.807, 2.05) is 13.8 Å². The highest BCUT2D eigenvalue weighted by Crippen LogP contribution is 2.27. The number of aromatic nitrogens is 2. The van der Waals surface area contributed by atoms with Gasteiger partial charge in [0, 0.05) is 24.2 Å². The minimum atomic E-state index is 0.494. The van der Waals surface area contributed by atoms with E-state index in [1.54, 1.807) is 0 Å². The van der Waals surface area contributed by atoms with Crippen LogP contribution in [-0.4, -0.2) is 40.5 Å². The summed E-state index contributed by atoms with van der Waals surface area (Å²) in [4.78, 5) is 11.0. The first-order chi connectivity index (χ1) is 8.49. The lowest BCUT2D eigenvalue weighted by Crippen LogP contribution is -2.36. The van der Waals surface area contributed by atoms with Gasteiger partial charge in [0.1, 0.15) is 17.5 Å². The Balaban J connectivity index is 1.97. The van der Waals surface area contributed by atoms with Gasteiger partial charge in [-0.05, 0) is 40.7 Å². The zero-order valence-corrected chi connectivity index (χ0v) is 11.7. The Morgan fingerprint density at radius 3 is 2.67 bits per heavy atom. The number of likely N-dealkylation sites (N-methyl/N-ethyl adjacent to an activating group) is 1. The molecule has 0 bridgehead atoms. The van der Waals surface area contributed by atoms with E-state index >= 15 is 0 Å². The quantitative estimate of drug-likeness (QED) is 0.829. The maximum absolute atomic E-state index is 5.84. The average molecular weight is 249 g/mol. The van der Waals surface area contributed by atoms with E-state index in [-0.39, 0.29) is 0 Å². The number of hydrogen-bond acceptors (Lipinski definition) is 5. The summed E-state index contributed by atoms with van der Waals surface area (Å²) in [5.74, 6) is 2.13. The Labute approximate surface area is 109 Å². The first-order valence-corrected chi connectivity index (χ1v) is 6.55. The zero-order valence-electron chi connectivity index (χ0n) is 11.7. The third kappa shape index (κ3) is 2.90. The summed E-state index contributed by atoms with van der Waals surface area (Å²) in [5.41, 5.74) is 6.78. The molecule has 1 fully saturated rings. The predicted molar refractivity (Wildman–Crippen MR) is 74.7 cm³/mol. The molecule has 1 heterocycles. The lowest BCUT2D eigenvalue weighted by molar-refractivity contribution is 0.257. The molecule has 100 valence electrons. The molecule has 5 nitrogen and oxygen atoms in total. The van der Waals surface area contributed by atoms with Gasteiger partial charge in [0.25, 0.3) is 0 Å². The fourth-order valence-corrected chi connectivity index (χ4v) is 2.05. The van der Waals surface area contributed by atoms with Crippen molar-refractivity contribution in [1.82, 2.24) is 14.9 Å². The van der Waals surface area contributed by atoms with Gasteiger partial charge in [-0.15, -0.1) is 0 Å². The third-order valence-electron chi connectivity index (χ3n) is 3.68. The Bertz CT molecular complexity index is 428. The normalized spacial score (nSPS) is 16.9. The van der Waals surface area contributed by atoms with Crippen LogP contribution in [0.5, 0.6) is 0 Å². The van der Waals surface area contributed by atoms with E-state index in [2.05, 4.69) is 34.2 Å². The summed E-state index contributed by atoms with van der Waals surface area (Å²) >= 11 is 0. The van der Waals surface area contributed by atoms with E-state index in [1.165, 1.54) is 12.8 Å². The van der Waals surface area contributed by atoms with Crippen molar-refractivity contribution in [3.8, 4) is 0 Å². The zero-order chi connectivity index (χ0) is 13.3. The Hall–Kier alpha value is -1.36. The van der Waals surface area contributed by atoms with Crippen LogP contribution in [0.1, 0.15) is 31.2 Å². The highest BCUT2D eigenvalue weighted by atomic mass is 15.2. The molecule has 1 unspecified atom stereocenters. The number of anilines is 2. The van der Waals surface area contributed by atoms with Gasteiger partial charge in [-0.3, -0.25) is 4.90 Å². The number of nitrogen functional groups attached to an aromatic ring is 1. The molecule has 2 rings (SSSR count). The van der Waals surface area contributed by atoms with Crippen LogP contribution in [0.4, 0.5) is 11.6 Å². The Morgan fingerprint density at radius 2 is 2.06 bits per heavy atom. The van der Waals surface area contributed by atoms with Crippen LogP contribution >= 0.6 is 0 Å². The van der Waals surface area contributed by atoms with Crippen LogP contribution in [0, 0.1) is 13.8 Å². The molecule has 0 aliphatic heterocycles. The molecule has 0 spiro atoms. The molecule has 5 heteroatoms. The minimum Gasteiger partial charge on any atom is -0.383 e. The van der Waals surface area contributed by atoms with Crippen molar-refractivity contribution in [2.75, 3.05) is 24.6 Å². The van der Waals surface area contributed by atoms with Crippen molar-refractivity contribution >= 4 is 11.6 Å². The predicted octanol–water partition coefficient (Wildman–Crippen LogP) is 1.57. The second-order valence-electron chi connectivity index (χ2n) is 5.26. The van der Waals surface area contributed by atoms with Crippen molar-refractivity contribution in [2.45, 2.75) is 45.7 Å². The van der Waals surface area contributed by atoms with Gasteiger partial charge in [-0.1, -0.05) is 0 Å². The van der Waals surface area contributed by atoms with Crippen LogP contribution in [-0.2, 0) is 0 Å². The molecule has 1 aliphatic carbocycles. The minimum absolute atomic E-state index is 0.494. The largest absolute Gasteiger partial charge is 0.383 e. The molecule has 1 aromatic rings. The number of hydrogen-bond donors (Lipinski definition) is 2. The second kappa shape index (κ2) is 5.10. The van der Waals surface area contributed by atoms with Crippen LogP contribution < -0.4 is 11.1 Å². The van der Waals surface area contributed by atoms with Gasteiger partial charge in [-0.2, -0.15) is 0 Å². The first kappa shape index (κ1) is 13.1. The molecule has 18 heavy (non-hydrogen) atoms. The first-order valence-electron chi connectivity index (χ1n) is 6.55. The SMILES string of the molecule is Cc1nc(N)c(C)c(NCC(C)N(C)C2CC2)n1. The number of nitrogens with one attached hydrogen (secondary N) is 1. The number of nitrogens with two attached hydrogens (primary N) is 1. The highest BCUT2D eigenvalue weighted by molar-refractivity contribution is 5.54. The fraction of sp³-hybridized carbons (Fsp3) is 0.692. The lowest BCUT2D eigenvalue weighted by atomic mass is 10.2. The van der Waals surface area contributed by atoms with Gasteiger partial charge >= 0.3 is 0 Å². The number of rotatable bonds is 5. The number of aryl methyl sites for hydroxylation is 1. The molecule has 3 N–H and O–H groups in total. The molecule has 1 saturated carbocycles. The lowest BCUT2D eigenvalue weighted by Gasteiger charge is -2.25. The van der Waals surface area contributed by atoms with Crippen LogP contribution in [0.3, 0.4) is 0 Å². The summed E-state index contributed by atoms with van der Waals surface area (Å²) in [7, 11) is 2.19. The van der Waals surface area contributed by atoms with Crippen LogP contribution in [0.15, 0.2) is 0 Å². The van der Waals surface area contributed by atoms with Crippen LogP contribution in [0.25, 0.3) is 0 Å². The third-order valence-corrected chi connectivity index (χ3v) is 3.68. The van der Waals surface area contributed by atoms with Crippen molar-refractivity contribution in [2.24, 2.45) is 0 Å². The van der Waals surface area contributed by atoms with Crippen LogP contribution in [0.2, 0.25) is 0 Å². The smallest absolute Gasteiger partial charge is 0.134 e. The topological polar surface area (TPSA) is 67.1 Å². The Kier molecular flexibility index (Phi) is 3.71. The number of nitrogens with zero attached hydrogens (tertiary/aromatic N) is 3. The molecule has 1 atom stereocenters. The van der Waals surface area contributed by atoms with E-state index in [4.69, 9.17) is 5.73 Å². The summed E-state index contributed by atoms with van der Waals surface area (Å²) in [6.07, 6.45) is 2.67. The van der Waals surface area contributed by atoms with E-state index in [9.17, 15) is 0 Å². The molecule has 0 aromatic carbocycles. The molecule has 1 aliphatic rings. The van der Waals surface area contributed by atoms with Crippen molar-refractivity contribution < 1.29 is 0 Å². The van der Waals surface area contributed by atoms with E-state index < -0.39 is 0 Å². The summed E-state index contributed by atoms with van der Waals surface area (Å²) in [6.45, 7) is 6.93. The monoisotopic (exact) mass is 249 g/mol. The van der Waals surface area contributed by atoms with Gasteiger partial charge in [0.05, 0.1) is 0 Å². The molecule has 0 saturated heterocycles. The van der Waals surface area contributed by atoms with Gasteiger partial charge in [-0.25, -0.2) is 9.97 Å². The average Bonchev–Trinajstić information content (AvgIpc) is 3.14. The highest BCUT2D eigenvalue weighted by Gasteiger charge is 2.28. The molecule has 1 aromatic heterocycles. The second-order valence-corrected chi connectivity index (χ2v) is 5.26. The molecule has 0 amide bonds. The van der Waals surface area contributed by atoms with E-state index in [0.29, 0.717) is 17.7 Å². The fourth-order valence-electron chi connectivity index (χ4n) is 2.05. The van der Waals surface area contributed by atoms with Crippen molar-refractivity contribution in [3.05, 3.63) is 11.4 Å². The summed E-state index contributed by atoms with van der Waals surface area (Å²) < 4.78 is 0. The molecular weight excluding hydrogens is 226 g/mol. The maximum atomic E-state index is 5.84. The molecule has 0 radical (unpaired) electrons. The summed E-state index contributed by atoms with van der Waals surface area (Å²) in [6, 6.07) is 1.27. The Morgan fingerprint density at radius 1 is 1.39 bits per heavy atom. The van der Waals surface area contributed by atoms with Gasteiger partial charge in [0.15, 0.2) is 0 Å². The van der Waals surface area contributed by atoms with Gasteiger partial charge < -0.3 is 11.1 Å². The molecular formula is C13H23N5. The standard InChI is InChI=1S/C13H23N5/c1-8(18(4)11-5-6-11)7-15-13-9(2)12(14)16-10(3)17-13/h8,11H,5-7H2,1-4H3,(H3,14,15,16,17). The summed E-state index contributed by atoms with van der Waals surface area (Å²) in [5, 5.41) is 3.39. The van der Waals surface area contributed by atoms with Crippen molar-refractivity contribution in [1.29, 1.82) is 0 Å². The maximum Gasteiger partial charge on any atom is 0.134 e. The van der Waals surface area contributed by atoms with Gasteiger partial charge in [0.2, 0.25) is 0 Å².